The maximum atomic E-state index is 12.1. The molecule has 0 unspecified atom stereocenters. The summed E-state index contributed by atoms with van der Waals surface area (Å²) >= 11 is 3.32. The van der Waals surface area contributed by atoms with Gasteiger partial charge in [0.15, 0.2) is 0 Å². The minimum atomic E-state index is -0.874. The summed E-state index contributed by atoms with van der Waals surface area (Å²) in [6.45, 7) is 0. The highest BCUT2D eigenvalue weighted by Crippen LogP contribution is 2.22. The van der Waals surface area contributed by atoms with Crippen LogP contribution in [-0.2, 0) is 9.59 Å². The molecular weight excluding hydrogens is 470 g/mol. The highest BCUT2D eigenvalue weighted by Gasteiger charge is 2.14. The van der Waals surface area contributed by atoms with Crippen molar-refractivity contribution in [2.45, 2.75) is 0 Å². The lowest BCUT2D eigenvalue weighted by molar-refractivity contribution is -0.136. The second-order valence-corrected chi connectivity index (χ2v) is 7.66. The molecule has 7 nitrogen and oxygen atoms in total. The summed E-state index contributed by atoms with van der Waals surface area (Å²) in [5.74, 6) is -1.69. The Morgan fingerprint density at radius 3 is 2.22 bits per heavy atom. The molecule has 3 aromatic carbocycles. The van der Waals surface area contributed by atoms with E-state index in [1.165, 1.54) is 6.21 Å². The number of nitrogens with one attached hydrogen (secondary N) is 2. The largest absolute Gasteiger partial charge is 0.329 e. The number of hydrogen-bond donors (Lipinski definition) is 2. The zero-order valence-corrected chi connectivity index (χ0v) is 18.4. The van der Waals surface area contributed by atoms with E-state index in [1.807, 2.05) is 66.9 Å². The minimum Gasteiger partial charge on any atom is -0.318 e. The molecule has 0 aliphatic carbocycles. The number of rotatable bonds is 5. The average molecular weight is 488 g/mol. The molecular formula is C24H18BrN5O2. The predicted molar refractivity (Wildman–Crippen MR) is 128 cm³/mol. The number of aromatic nitrogens is 2. The van der Waals surface area contributed by atoms with Crippen molar-refractivity contribution in [1.29, 1.82) is 0 Å². The number of halogens is 1. The van der Waals surface area contributed by atoms with Crippen molar-refractivity contribution in [3.05, 3.63) is 101 Å². The van der Waals surface area contributed by atoms with E-state index in [0.717, 1.165) is 15.7 Å². The molecule has 1 aromatic heterocycles. The van der Waals surface area contributed by atoms with E-state index in [4.69, 9.17) is 0 Å². The number of carbonyl (C=O) groups is 2. The van der Waals surface area contributed by atoms with Crippen molar-refractivity contribution in [3.63, 3.8) is 0 Å². The highest BCUT2D eigenvalue weighted by molar-refractivity contribution is 9.10. The van der Waals surface area contributed by atoms with Crippen LogP contribution in [0.2, 0.25) is 0 Å². The van der Waals surface area contributed by atoms with Crippen molar-refractivity contribution < 1.29 is 9.59 Å². The molecule has 0 aliphatic heterocycles. The highest BCUT2D eigenvalue weighted by atomic mass is 79.9. The first-order valence-corrected chi connectivity index (χ1v) is 10.5. The molecule has 0 aliphatic rings. The van der Waals surface area contributed by atoms with Gasteiger partial charge in [-0.1, -0.05) is 64.5 Å². The first kappa shape index (κ1) is 21.2. The van der Waals surface area contributed by atoms with Gasteiger partial charge in [0.1, 0.15) is 5.69 Å². The fourth-order valence-electron chi connectivity index (χ4n) is 2.95. The quantitative estimate of drug-likeness (QED) is 0.248. The first-order valence-electron chi connectivity index (χ1n) is 9.70. The molecule has 4 aromatic rings. The molecule has 8 heteroatoms. The third-order valence-electron chi connectivity index (χ3n) is 4.49. The Morgan fingerprint density at radius 1 is 0.875 bits per heavy atom. The van der Waals surface area contributed by atoms with Crippen LogP contribution in [0.1, 0.15) is 5.56 Å². The summed E-state index contributed by atoms with van der Waals surface area (Å²) in [7, 11) is 0. The van der Waals surface area contributed by atoms with Crippen LogP contribution in [0.5, 0.6) is 0 Å². The van der Waals surface area contributed by atoms with E-state index >= 15 is 0 Å². The fraction of sp³-hybridized carbons (Fsp3) is 0. The van der Waals surface area contributed by atoms with Gasteiger partial charge in [0, 0.05) is 27.5 Å². The van der Waals surface area contributed by atoms with Crippen molar-refractivity contribution >= 4 is 39.6 Å². The standard InChI is InChI=1S/C24H18BrN5O2/c25-19-11-13-20(14-12-19)27-23(31)24(32)28-26-15-18-16-30(21-9-5-2-6-10-21)29-22(18)17-7-3-1-4-8-17/h1-16H,(H,27,31)(H,28,32)/b26-15-. The summed E-state index contributed by atoms with van der Waals surface area (Å²) in [5, 5.41) is 11.2. The van der Waals surface area contributed by atoms with Gasteiger partial charge in [-0.2, -0.15) is 10.2 Å². The van der Waals surface area contributed by atoms with E-state index in [1.54, 1.807) is 28.9 Å². The SMILES string of the molecule is O=C(N/N=C\c1cn(-c2ccccc2)nc1-c1ccccc1)C(=O)Nc1ccc(Br)cc1. The number of nitrogens with zero attached hydrogens (tertiary/aromatic N) is 3. The van der Waals surface area contributed by atoms with E-state index in [-0.39, 0.29) is 0 Å². The van der Waals surface area contributed by atoms with Gasteiger partial charge >= 0.3 is 11.8 Å². The van der Waals surface area contributed by atoms with Gasteiger partial charge in [-0.05, 0) is 36.4 Å². The van der Waals surface area contributed by atoms with Crippen molar-refractivity contribution in [2.24, 2.45) is 5.10 Å². The monoisotopic (exact) mass is 487 g/mol. The third kappa shape index (κ3) is 5.16. The maximum absolute atomic E-state index is 12.1. The Morgan fingerprint density at radius 2 is 1.53 bits per heavy atom. The normalized spacial score (nSPS) is 10.8. The molecule has 1 heterocycles. The van der Waals surface area contributed by atoms with Crippen LogP contribution in [0.25, 0.3) is 16.9 Å². The topological polar surface area (TPSA) is 88.4 Å². The number of para-hydroxylation sites is 1. The zero-order chi connectivity index (χ0) is 22.3. The maximum Gasteiger partial charge on any atom is 0.329 e. The second kappa shape index (κ2) is 9.84. The summed E-state index contributed by atoms with van der Waals surface area (Å²) in [4.78, 5) is 24.2. The summed E-state index contributed by atoms with van der Waals surface area (Å²) < 4.78 is 2.61. The molecule has 0 saturated carbocycles. The Hall–Kier alpha value is -4.04. The lowest BCUT2D eigenvalue weighted by atomic mass is 10.1. The van der Waals surface area contributed by atoms with Crippen molar-refractivity contribution in [1.82, 2.24) is 15.2 Å². The van der Waals surface area contributed by atoms with E-state index in [0.29, 0.717) is 16.9 Å². The molecule has 0 radical (unpaired) electrons. The average Bonchev–Trinajstić information content (AvgIpc) is 3.26. The van der Waals surface area contributed by atoms with Crippen LogP contribution in [0.15, 0.2) is 101 Å². The molecule has 4 rings (SSSR count). The number of hydrazone groups is 1. The van der Waals surface area contributed by atoms with Crippen LogP contribution in [-0.4, -0.2) is 27.8 Å². The number of carbonyl (C=O) groups excluding carboxylic acids is 2. The Bertz CT molecular complexity index is 1250. The van der Waals surface area contributed by atoms with E-state index in [2.05, 4.69) is 36.9 Å². The van der Waals surface area contributed by atoms with Gasteiger partial charge in [-0.25, -0.2) is 10.1 Å². The molecule has 2 N–H and O–H groups in total. The number of benzene rings is 3. The molecule has 0 bridgehead atoms. The van der Waals surface area contributed by atoms with E-state index in [9.17, 15) is 9.59 Å². The Labute approximate surface area is 192 Å². The lowest BCUT2D eigenvalue weighted by Gasteiger charge is -2.03. The third-order valence-corrected chi connectivity index (χ3v) is 5.02. The number of anilines is 1. The lowest BCUT2D eigenvalue weighted by Crippen LogP contribution is -2.32. The molecule has 0 atom stereocenters. The Balaban J connectivity index is 1.51. The van der Waals surface area contributed by atoms with Crippen molar-refractivity contribution in [2.75, 3.05) is 5.32 Å². The van der Waals surface area contributed by atoms with E-state index < -0.39 is 11.8 Å². The zero-order valence-electron chi connectivity index (χ0n) is 16.8. The van der Waals surface area contributed by atoms with Crippen LogP contribution >= 0.6 is 15.9 Å². The molecule has 0 fully saturated rings. The van der Waals surface area contributed by atoms with Gasteiger partial charge in [0.25, 0.3) is 0 Å². The smallest absolute Gasteiger partial charge is 0.318 e. The van der Waals surface area contributed by atoms with Crippen LogP contribution in [0, 0.1) is 0 Å². The van der Waals surface area contributed by atoms with Gasteiger partial charge in [-0.3, -0.25) is 9.59 Å². The molecule has 0 spiro atoms. The van der Waals surface area contributed by atoms with Gasteiger partial charge < -0.3 is 5.32 Å². The van der Waals surface area contributed by atoms with Gasteiger partial charge in [0.2, 0.25) is 0 Å². The fourth-order valence-corrected chi connectivity index (χ4v) is 3.21. The molecule has 2 amide bonds. The second-order valence-electron chi connectivity index (χ2n) is 6.74. The minimum absolute atomic E-state index is 0.507. The van der Waals surface area contributed by atoms with Crippen LogP contribution < -0.4 is 10.7 Å². The first-order chi connectivity index (χ1) is 15.6. The summed E-state index contributed by atoms with van der Waals surface area (Å²) in [6, 6.07) is 26.2. The van der Waals surface area contributed by atoms with Crippen LogP contribution in [0.3, 0.4) is 0 Å². The molecule has 0 saturated heterocycles. The van der Waals surface area contributed by atoms with Crippen molar-refractivity contribution in [3.8, 4) is 16.9 Å². The van der Waals surface area contributed by atoms with Crippen LogP contribution in [0.4, 0.5) is 5.69 Å². The predicted octanol–water partition coefficient (Wildman–Crippen LogP) is 4.39. The summed E-state index contributed by atoms with van der Waals surface area (Å²) in [5.41, 5.74) is 5.96. The summed E-state index contributed by atoms with van der Waals surface area (Å²) in [6.07, 6.45) is 3.29. The number of amides is 2. The van der Waals surface area contributed by atoms with Gasteiger partial charge in [-0.15, -0.1) is 0 Å². The molecule has 158 valence electrons. The van der Waals surface area contributed by atoms with Gasteiger partial charge in [0.05, 0.1) is 11.9 Å². The molecule has 32 heavy (non-hydrogen) atoms. The number of hydrogen-bond acceptors (Lipinski definition) is 4. The Kier molecular flexibility index (Phi) is 6.52.